The fraction of sp³-hybridized carbons (Fsp3) is 0.706. The van der Waals surface area contributed by atoms with Crippen LogP contribution in [0.3, 0.4) is 0 Å². The minimum Gasteiger partial charge on any atom is -0.396 e. The van der Waals surface area contributed by atoms with E-state index in [1.165, 1.54) is 12.8 Å². The van der Waals surface area contributed by atoms with E-state index in [0.717, 1.165) is 24.7 Å². The Hall–Kier alpha value is -1.04. The van der Waals surface area contributed by atoms with Crippen molar-refractivity contribution >= 4 is 39.6 Å². The van der Waals surface area contributed by atoms with Gasteiger partial charge in [-0.05, 0) is 24.7 Å². The number of aliphatic hydroxyl groups is 3. The molecule has 2 heterocycles. The van der Waals surface area contributed by atoms with Crippen LogP contribution in [0.25, 0.3) is 11.2 Å². The molecule has 2 aromatic heterocycles. The number of nitrogens with zero attached hydrogens (tertiary/aromatic N) is 4. The predicted octanol–water partition coefficient (Wildman–Crippen LogP) is 0.918. The van der Waals surface area contributed by atoms with E-state index in [1.807, 2.05) is 4.57 Å². The van der Waals surface area contributed by atoms with Gasteiger partial charge < -0.3 is 25.2 Å². The average Bonchev–Trinajstić information content (AvgIpc) is 3.52. The first kappa shape index (κ1) is 17.1. The lowest BCUT2D eigenvalue weighted by Crippen LogP contribution is -2.35. The molecule has 0 amide bonds. The Labute approximate surface area is 164 Å². The van der Waals surface area contributed by atoms with E-state index >= 15 is 0 Å². The molecule has 0 spiro atoms. The summed E-state index contributed by atoms with van der Waals surface area (Å²) in [6.07, 6.45) is 4.31. The van der Waals surface area contributed by atoms with Gasteiger partial charge in [-0.25, -0.2) is 15.0 Å². The molecule has 0 aromatic carbocycles. The summed E-state index contributed by atoms with van der Waals surface area (Å²) in [4.78, 5) is 13.5. The number of halogens is 1. The fourth-order valence-electron chi connectivity index (χ4n) is 4.58. The van der Waals surface area contributed by atoms with Crippen LogP contribution in [-0.2, 0) is 0 Å². The third-order valence-corrected chi connectivity index (χ3v) is 6.89. The highest BCUT2D eigenvalue weighted by Gasteiger charge is 2.71. The minimum atomic E-state index is -0.933. The van der Waals surface area contributed by atoms with Crippen molar-refractivity contribution in [1.82, 2.24) is 19.5 Å². The monoisotopic (exact) mass is 471 g/mol. The first-order valence-electron chi connectivity index (χ1n) is 9.16. The van der Waals surface area contributed by atoms with E-state index in [1.54, 1.807) is 6.33 Å². The van der Waals surface area contributed by atoms with Gasteiger partial charge in [-0.1, -0.05) is 12.8 Å². The van der Waals surface area contributed by atoms with Gasteiger partial charge in [0.15, 0.2) is 20.8 Å². The van der Waals surface area contributed by atoms with Crippen LogP contribution < -0.4 is 5.32 Å². The molecule has 5 atom stereocenters. The highest BCUT2D eigenvalue weighted by molar-refractivity contribution is 14.1. The number of nitrogens with one attached hydrogen (secondary N) is 1. The zero-order chi connectivity index (χ0) is 18.1. The fourth-order valence-corrected chi connectivity index (χ4v) is 5.05. The lowest BCUT2D eigenvalue weighted by atomic mass is 10.0. The van der Waals surface area contributed by atoms with Crippen LogP contribution >= 0.6 is 22.6 Å². The zero-order valence-electron chi connectivity index (χ0n) is 14.2. The van der Waals surface area contributed by atoms with Crippen LogP contribution in [0.2, 0.25) is 0 Å². The van der Waals surface area contributed by atoms with Gasteiger partial charge in [0.2, 0.25) is 0 Å². The van der Waals surface area contributed by atoms with Gasteiger partial charge in [0.25, 0.3) is 0 Å². The Morgan fingerprint density at radius 1 is 1.31 bits per heavy atom. The molecule has 8 nitrogen and oxygen atoms in total. The molecule has 4 N–H and O–H groups in total. The highest BCUT2D eigenvalue weighted by atomic mass is 127. The number of aromatic nitrogens is 4. The number of hydrogen-bond acceptors (Lipinski definition) is 7. The molecule has 0 bridgehead atoms. The zero-order valence-corrected chi connectivity index (χ0v) is 16.4. The maximum absolute atomic E-state index is 10.6. The second-order valence-corrected chi connectivity index (χ2v) is 8.92. The summed E-state index contributed by atoms with van der Waals surface area (Å²) in [5, 5.41) is 34.0. The van der Waals surface area contributed by atoms with Crippen LogP contribution in [0.4, 0.5) is 5.82 Å². The third-order valence-electron chi connectivity index (χ3n) is 6.40. The second-order valence-electron chi connectivity index (χ2n) is 7.95. The van der Waals surface area contributed by atoms with E-state index in [0.29, 0.717) is 21.4 Å². The van der Waals surface area contributed by atoms with Gasteiger partial charge in [0, 0.05) is 34.6 Å². The molecule has 3 fully saturated rings. The SMILES string of the molecule is OC[C@@]12C[C@@H]1[C@@H](n1cnc3c(NCCC4CC4)nc(I)nc31)[C@H](O)[C@@H]2O. The summed E-state index contributed by atoms with van der Waals surface area (Å²) in [6.45, 7) is 0.750. The van der Waals surface area contributed by atoms with Crippen molar-refractivity contribution in [3.05, 3.63) is 10.2 Å². The van der Waals surface area contributed by atoms with Gasteiger partial charge in [0.1, 0.15) is 6.10 Å². The Bertz CT molecular complexity index is 856. The highest BCUT2D eigenvalue weighted by Crippen LogP contribution is 2.67. The maximum atomic E-state index is 10.6. The molecule has 5 rings (SSSR count). The predicted molar refractivity (Wildman–Crippen MR) is 103 cm³/mol. The van der Waals surface area contributed by atoms with Crippen LogP contribution in [0.15, 0.2) is 6.33 Å². The van der Waals surface area contributed by atoms with Crippen molar-refractivity contribution in [3.8, 4) is 0 Å². The summed E-state index contributed by atoms with van der Waals surface area (Å²) in [5.74, 6) is 1.60. The van der Waals surface area contributed by atoms with Gasteiger partial charge >= 0.3 is 0 Å². The first-order valence-corrected chi connectivity index (χ1v) is 10.2. The lowest BCUT2D eigenvalue weighted by Gasteiger charge is -2.23. The lowest BCUT2D eigenvalue weighted by molar-refractivity contribution is -0.0300. The molecule has 3 aliphatic rings. The molecule has 140 valence electrons. The average molecular weight is 471 g/mol. The van der Waals surface area contributed by atoms with E-state index in [-0.39, 0.29) is 18.6 Å². The number of rotatable bonds is 6. The van der Waals surface area contributed by atoms with Crippen molar-refractivity contribution in [2.75, 3.05) is 18.5 Å². The van der Waals surface area contributed by atoms with Crippen molar-refractivity contribution in [2.45, 2.75) is 43.9 Å². The smallest absolute Gasteiger partial charge is 0.194 e. The number of fused-ring (bicyclic) bond motifs is 2. The van der Waals surface area contributed by atoms with Crippen LogP contribution in [0.5, 0.6) is 0 Å². The number of aliphatic hydroxyl groups excluding tert-OH is 3. The van der Waals surface area contributed by atoms with Crippen LogP contribution in [0, 0.1) is 21.1 Å². The summed E-state index contributed by atoms with van der Waals surface area (Å²) in [5.41, 5.74) is 0.770. The summed E-state index contributed by atoms with van der Waals surface area (Å²) < 4.78 is 2.47. The number of hydrogen-bond donors (Lipinski definition) is 4. The third kappa shape index (κ3) is 2.47. The number of anilines is 1. The standard InChI is InChI=1S/C17H22IN5O3/c18-16-21-14(19-4-3-8-1-2-8)10-15(22-16)23(7-20-10)11-9-5-17(9,6-24)13(26)12(11)25/h7-9,11-13,24-26H,1-6H2,(H,19,21,22)/t9-,11-,12+,13+,17+/m1/s1. The molecule has 26 heavy (non-hydrogen) atoms. The molecule has 0 unspecified atom stereocenters. The number of imidazole rings is 1. The minimum absolute atomic E-state index is 0.0359. The van der Waals surface area contributed by atoms with Crippen molar-refractivity contribution in [3.63, 3.8) is 0 Å². The van der Waals surface area contributed by atoms with Gasteiger partial charge in [-0.15, -0.1) is 0 Å². The van der Waals surface area contributed by atoms with Crippen molar-refractivity contribution in [1.29, 1.82) is 0 Å². The quantitative estimate of drug-likeness (QED) is 0.366. The molecular formula is C17H22IN5O3. The topological polar surface area (TPSA) is 116 Å². The summed E-state index contributed by atoms with van der Waals surface area (Å²) >= 11 is 2.09. The Morgan fingerprint density at radius 2 is 2.12 bits per heavy atom. The van der Waals surface area contributed by atoms with Crippen molar-refractivity contribution < 1.29 is 15.3 Å². The molecule has 3 saturated carbocycles. The van der Waals surface area contributed by atoms with Crippen molar-refractivity contribution in [2.24, 2.45) is 17.3 Å². The normalized spacial score (nSPS) is 35.7. The first-order chi connectivity index (χ1) is 12.5. The molecule has 0 saturated heterocycles. The van der Waals surface area contributed by atoms with E-state index in [4.69, 9.17) is 0 Å². The Balaban J connectivity index is 1.48. The maximum Gasteiger partial charge on any atom is 0.194 e. The Morgan fingerprint density at radius 3 is 2.81 bits per heavy atom. The van der Waals surface area contributed by atoms with Gasteiger partial charge in [0.05, 0.1) is 25.1 Å². The van der Waals surface area contributed by atoms with Crippen LogP contribution in [0.1, 0.15) is 31.7 Å². The molecule has 2 aromatic rings. The molecule has 9 heteroatoms. The molecule has 0 aliphatic heterocycles. The van der Waals surface area contributed by atoms with E-state index < -0.39 is 17.6 Å². The Kier molecular flexibility index (Phi) is 3.93. The van der Waals surface area contributed by atoms with Gasteiger partial charge in [-0.2, -0.15) is 0 Å². The van der Waals surface area contributed by atoms with E-state index in [2.05, 4.69) is 42.9 Å². The molecular weight excluding hydrogens is 449 g/mol. The summed E-state index contributed by atoms with van der Waals surface area (Å²) in [7, 11) is 0. The van der Waals surface area contributed by atoms with Crippen LogP contribution in [-0.4, -0.2) is 60.2 Å². The molecule has 3 aliphatic carbocycles. The second kappa shape index (κ2) is 5.98. The molecule has 0 radical (unpaired) electrons. The summed E-state index contributed by atoms with van der Waals surface area (Å²) in [6, 6.07) is -0.327. The van der Waals surface area contributed by atoms with Gasteiger partial charge in [-0.3, -0.25) is 0 Å². The van der Waals surface area contributed by atoms with E-state index in [9.17, 15) is 15.3 Å². The largest absolute Gasteiger partial charge is 0.396 e.